The highest BCUT2D eigenvalue weighted by molar-refractivity contribution is 7.98. The summed E-state index contributed by atoms with van der Waals surface area (Å²) in [6, 6.07) is 13.9. The van der Waals surface area contributed by atoms with E-state index in [0.29, 0.717) is 13.1 Å². The fourth-order valence-corrected chi connectivity index (χ4v) is 4.53. The minimum Gasteiger partial charge on any atom is -0.486 e. The summed E-state index contributed by atoms with van der Waals surface area (Å²) in [4.78, 5) is 15.0. The summed E-state index contributed by atoms with van der Waals surface area (Å²) >= 11 is 1.59. The highest BCUT2D eigenvalue weighted by atomic mass is 32.2. The first-order valence-electron chi connectivity index (χ1n) is 10.5. The highest BCUT2D eigenvalue weighted by Crippen LogP contribution is 2.26. The second kappa shape index (κ2) is 9.77. The van der Waals surface area contributed by atoms with Crippen molar-refractivity contribution in [3.8, 4) is 5.75 Å². The van der Waals surface area contributed by atoms with Gasteiger partial charge in [0.1, 0.15) is 18.0 Å². The van der Waals surface area contributed by atoms with Gasteiger partial charge in [-0.15, -0.1) is 0 Å². The van der Waals surface area contributed by atoms with Gasteiger partial charge in [-0.1, -0.05) is 35.9 Å². The molecule has 7 heteroatoms. The maximum absolute atomic E-state index is 13.1. The van der Waals surface area contributed by atoms with Gasteiger partial charge < -0.3 is 19.1 Å². The minimum absolute atomic E-state index is 0.0281. The van der Waals surface area contributed by atoms with Gasteiger partial charge in [0.2, 0.25) is 0 Å². The maximum atomic E-state index is 13.1. The molecule has 0 aromatic heterocycles. The van der Waals surface area contributed by atoms with Crippen molar-refractivity contribution in [3.05, 3.63) is 71.3 Å². The molecule has 6 nitrogen and oxygen atoms in total. The first-order chi connectivity index (χ1) is 15.0. The maximum Gasteiger partial charge on any atom is 0.254 e. The van der Waals surface area contributed by atoms with Gasteiger partial charge in [0.25, 0.3) is 5.91 Å². The highest BCUT2D eigenvalue weighted by Gasteiger charge is 2.37. The molecule has 2 aromatic carbocycles. The summed E-state index contributed by atoms with van der Waals surface area (Å²) in [6.45, 7) is 6.87. The van der Waals surface area contributed by atoms with E-state index in [1.807, 2.05) is 61.2 Å². The third kappa shape index (κ3) is 5.23. The number of anilines is 1. The van der Waals surface area contributed by atoms with Gasteiger partial charge in [-0.2, -0.15) is 0 Å². The zero-order valence-electron chi connectivity index (χ0n) is 18.2. The topological polar surface area (TPSA) is 54.0 Å². The Morgan fingerprint density at radius 1 is 1.06 bits per heavy atom. The molecule has 1 saturated heterocycles. The fourth-order valence-electron chi connectivity index (χ4n) is 3.84. The normalized spacial score (nSPS) is 20.9. The zero-order chi connectivity index (χ0) is 21.8. The summed E-state index contributed by atoms with van der Waals surface area (Å²) in [5.74, 6) is 0.790. The minimum atomic E-state index is -0.218. The van der Waals surface area contributed by atoms with Crippen LogP contribution in [0.5, 0.6) is 5.75 Å². The Bertz CT molecular complexity index is 957. The summed E-state index contributed by atoms with van der Waals surface area (Å²) in [5.41, 5.74) is 3.79. The first kappa shape index (κ1) is 21.7. The monoisotopic (exact) mass is 439 g/mol. The number of nitrogens with one attached hydrogen (secondary N) is 1. The van der Waals surface area contributed by atoms with Crippen LogP contribution in [0.3, 0.4) is 0 Å². The van der Waals surface area contributed by atoms with Crippen LogP contribution >= 0.6 is 12.1 Å². The van der Waals surface area contributed by atoms with Crippen molar-refractivity contribution >= 4 is 23.7 Å². The lowest BCUT2D eigenvalue weighted by atomic mass is 10.0. The largest absolute Gasteiger partial charge is 0.486 e. The number of carbonyl (C=O) groups is 1. The molecule has 1 amide bonds. The van der Waals surface area contributed by atoms with Gasteiger partial charge in [0.05, 0.1) is 13.1 Å². The van der Waals surface area contributed by atoms with E-state index < -0.39 is 0 Å². The van der Waals surface area contributed by atoms with Crippen molar-refractivity contribution in [2.75, 3.05) is 38.0 Å². The molecule has 2 heterocycles. The Kier molecular flexibility index (Phi) is 6.85. The number of ether oxygens (including phenoxy) is 2. The van der Waals surface area contributed by atoms with Gasteiger partial charge in [-0.05, 0) is 37.6 Å². The second-order valence-corrected chi connectivity index (χ2v) is 8.90. The van der Waals surface area contributed by atoms with Crippen LogP contribution < -0.4 is 9.46 Å². The van der Waals surface area contributed by atoms with E-state index >= 15 is 0 Å². The number of methoxy groups -OCH3 is 1. The molecule has 0 aliphatic carbocycles. The second-order valence-electron chi connectivity index (χ2n) is 8.00. The number of aryl methyl sites for hydroxylation is 2. The lowest BCUT2D eigenvalue weighted by Gasteiger charge is -2.20. The van der Waals surface area contributed by atoms with Crippen LogP contribution in [0.4, 0.5) is 5.69 Å². The van der Waals surface area contributed by atoms with Gasteiger partial charge >= 0.3 is 0 Å². The van der Waals surface area contributed by atoms with Crippen LogP contribution in [-0.4, -0.2) is 60.6 Å². The van der Waals surface area contributed by atoms with Crippen LogP contribution in [-0.2, 0) is 4.74 Å². The molecule has 2 atom stereocenters. The Hall–Kier alpha value is -2.48. The van der Waals surface area contributed by atoms with Gasteiger partial charge in [0, 0.05) is 49.7 Å². The van der Waals surface area contributed by atoms with Crippen LogP contribution in [0.2, 0.25) is 0 Å². The number of hydrogen-bond donors (Lipinski definition) is 1. The fraction of sp³-hybridized carbons (Fsp3) is 0.375. The van der Waals surface area contributed by atoms with E-state index in [-0.39, 0.29) is 18.1 Å². The summed E-state index contributed by atoms with van der Waals surface area (Å²) < 4.78 is 17.5. The SMILES string of the molecule is COC1CN(C(=O)c2cc(C)ccc2C)CC1Oc1cccc(NSN2CC=CC2)c1. The predicted octanol–water partition coefficient (Wildman–Crippen LogP) is 4.07. The molecule has 31 heavy (non-hydrogen) atoms. The van der Waals surface area contributed by atoms with Gasteiger partial charge in [-0.25, -0.2) is 4.31 Å². The van der Waals surface area contributed by atoms with Crippen LogP contribution in [0.25, 0.3) is 0 Å². The smallest absolute Gasteiger partial charge is 0.254 e. The van der Waals surface area contributed by atoms with E-state index in [4.69, 9.17) is 9.47 Å². The number of carbonyl (C=O) groups excluding carboxylic acids is 1. The Balaban J connectivity index is 1.40. The summed E-state index contributed by atoms with van der Waals surface area (Å²) in [6.07, 6.45) is 3.93. The number of hydrogen-bond acceptors (Lipinski definition) is 6. The molecule has 1 fully saturated rings. The number of amides is 1. The van der Waals surface area contributed by atoms with Gasteiger partial charge in [0.15, 0.2) is 0 Å². The average molecular weight is 440 g/mol. The molecule has 2 unspecified atom stereocenters. The van der Waals surface area contributed by atoms with E-state index in [2.05, 4.69) is 21.2 Å². The van der Waals surface area contributed by atoms with Crippen LogP contribution in [0, 0.1) is 13.8 Å². The molecule has 2 aliphatic rings. The molecule has 164 valence electrons. The first-order valence-corrected chi connectivity index (χ1v) is 11.3. The van der Waals surface area contributed by atoms with E-state index in [1.165, 1.54) is 0 Å². The molecule has 0 radical (unpaired) electrons. The van der Waals surface area contributed by atoms with Crippen LogP contribution in [0.1, 0.15) is 21.5 Å². The molecule has 0 saturated carbocycles. The van der Waals surface area contributed by atoms with E-state index in [9.17, 15) is 4.79 Å². The molecule has 1 N–H and O–H groups in total. The lowest BCUT2D eigenvalue weighted by Crippen LogP contribution is -2.32. The number of benzene rings is 2. The van der Waals surface area contributed by atoms with Crippen molar-refractivity contribution in [1.29, 1.82) is 0 Å². The third-order valence-electron chi connectivity index (χ3n) is 5.63. The van der Waals surface area contributed by atoms with Crippen molar-refractivity contribution in [2.24, 2.45) is 0 Å². The molecule has 0 spiro atoms. The molecule has 2 aromatic rings. The number of rotatable bonds is 7. The van der Waals surface area contributed by atoms with Crippen LogP contribution in [0.15, 0.2) is 54.6 Å². The lowest BCUT2D eigenvalue weighted by molar-refractivity contribution is 0.0340. The standard InChI is InChI=1S/C24H29N3O3S/c1-17-9-10-18(2)21(13-17)24(28)26-15-22(29-3)23(16-26)30-20-8-6-7-19(14-20)25-31-27-11-4-5-12-27/h4-10,13-14,22-23,25H,11-12,15-16H2,1-3H3. The molecular weight excluding hydrogens is 410 g/mol. The Morgan fingerprint density at radius 3 is 2.61 bits per heavy atom. The molecular formula is C24H29N3O3S. The summed E-state index contributed by atoms with van der Waals surface area (Å²) in [7, 11) is 1.67. The Labute approximate surface area is 188 Å². The van der Waals surface area contributed by atoms with Crippen molar-refractivity contribution in [2.45, 2.75) is 26.1 Å². The number of nitrogens with zero attached hydrogens (tertiary/aromatic N) is 2. The van der Waals surface area contributed by atoms with E-state index in [0.717, 1.165) is 41.2 Å². The van der Waals surface area contributed by atoms with E-state index in [1.54, 1.807) is 19.2 Å². The quantitative estimate of drug-likeness (QED) is 0.519. The molecule has 2 aliphatic heterocycles. The molecule has 4 rings (SSSR count). The molecule has 0 bridgehead atoms. The average Bonchev–Trinajstić information content (AvgIpc) is 3.43. The zero-order valence-corrected chi connectivity index (χ0v) is 19.0. The summed E-state index contributed by atoms with van der Waals surface area (Å²) in [5, 5.41) is 0. The predicted molar refractivity (Wildman–Crippen MR) is 125 cm³/mol. The van der Waals surface area contributed by atoms with Crippen molar-refractivity contribution < 1.29 is 14.3 Å². The number of likely N-dealkylation sites (tertiary alicyclic amines) is 1. The van der Waals surface area contributed by atoms with Crippen molar-refractivity contribution in [1.82, 2.24) is 9.21 Å². The Morgan fingerprint density at radius 2 is 1.84 bits per heavy atom. The third-order valence-corrected chi connectivity index (χ3v) is 6.51. The van der Waals surface area contributed by atoms with Crippen molar-refractivity contribution in [3.63, 3.8) is 0 Å². The van der Waals surface area contributed by atoms with Gasteiger partial charge in [-0.3, -0.25) is 4.79 Å².